The molecule has 1 fully saturated rings. The van der Waals surface area contributed by atoms with Gasteiger partial charge in [0.05, 0.1) is 24.1 Å². The van der Waals surface area contributed by atoms with Crippen molar-refractivity contribution < 1.29 is 14.2 Å². The van der Waals surface area contributed by atoms with Crippen LogP contribution in [0.15, 0.2) is 18.3 Å². The van der Waals surface area contributed by atoms with Crippen LogP contribution in [0.1, 0.15) is 25.1 Å². The Hall–Kier alpha value is -1.04. The number of nitrogens with zero attached hydrogens (tertiary/aromatic N) is 2. The van der Waals surface area contributed by atoms with Crippen LogP contribution >= 0.6 is 0 Å². The Bertz CT molecular complexity index is 399. The minimum absolute atomic E-state index is 0.0496. The highest BCUT2D eigenvalue weighted by Crippen LogP contribution is 2.23. The van der Waals surface area contributed by atoms with Crippen LogP contribution in [0.2, 0.25) is 0 Å². The summed E-state index contributed by atoms with van der Waals surface area (Å²) in [5, 5.41) is 10.2. The molecule has 106 valence electrons. The fourth-order valence-electron chi connectivity index (χ4n) is 2.52. The molecule has 0 radical (unpaired) electrons. The number of aromatic nitrogens is 1. The largest absolute Gasteiger partial charge is 0.386 e. The first-order chi connectivity index (χ1) is 9.10. The number of aliphatic hydroxyl groups is 1. The van der Waals surface area contributed by atoms with E-state index in [4.69, 9.17) is 4.74 Å². The van der Waals surface area contributed by atoms with Crippen molar-refractivity contribution in [2.24, 2.45) is 5.92 Å². The average molecular weight is 268 g/mol. The third-order valence-corrected chi connectivity index (χ3v) is 3.70. The lowest BCUT2D eigenvalue weighted by atomic mass is 10.0. The van der Waals surface area contributed by atoms with E-state index in [2.05, 4.69) is 9.88 Å². The van der Waals surface area contributed by atoms with Gasteiger partial charge in [0.25, 0.3) is 0 Å². The monoisotopic (exact) mass is 268 g/mol. The SMILES string of the molecule is COC1CCN(CC(C)C(O)c2ccc(F)cn2)C1. The lowest BCUT2D eigenvalue weighted by molar-refractivity contribution is 0.0776. The lowest BCUT2D eigenvalue weighted by Gasteiger charge is -2.24. The van der Waals surface area contributed by atoms with Crippen LogP contribution in [0.4, 0.5) is 4.39 Å². The van der Waals surface area contributed by atoms with Crippen molar-refractivity contribution in [1.82, 2.24) is 9.88 Å². The Kier molecular flexibility index (Phi) is 4.85. The van der Waals surface area contributed by atoms with Crippen LogP contribution in [0.5, 0.6) is 0 Å². The molecule has 2 heterocycles. The van der Waals surface area contributed by atoms with Crippen molar-refractivity contribution >= 4 is 0 Å². The average Bonchev–Trinajstić information content (AvgIpc) is 2.86. The summed E-state index contributed by atoms with van der Waals surface area (Å²) in [5.41, 5.74) is 0.524. The first kappa shape index (κ1) is 14.4. The molecule has 0 amide bonds. The van der Waals surface area contributed by atoms with Crippen LogP contribution in [-0.2, 0) is 4.74 Å². The Morgan fingerprint density at radius 1 is 1.58 bits per heavy atom. The molecule has 1 aromatic rings. The van der Waals surface area contributed by atoms with Crippen LogP contribution in [0, 0.1) is 11.7 Å². The van der Waals surface area contributed by atoms with Gasteiger partial charge < -0.3 is 14.7 Å². The molecule has 1 N–H and O–H groups in total. The Morgan fingerprint density at radius 3 is 2.95 bits per heavy atom. The van der Waals surface area contributed by atoms with Crippen molar-refractivity contribution in [3.05, 3.63) is 29.8 Å². The van der Waals surface area contributed by atoms with E-state index in [0.29, 0.717) is 11.8 Å². The number of halogens is 1. The lowest BCUT2D eigenvalue weighted by Crippen LogP contribution is -2.30. The predicted octanol–water partition coefficient (Wildman–Crippen LogP) is 1.61. The zero-order valence-electron chi connectivity index (χ0n) is 11.4. The van der Waals surface area contributed by atoms with Gasteiger partial charge in [-0.3, -0.25) is 4.98 Å². The van der Waals surface area contributed by atoms with Gasteiger partial charge >= 0.3 is 0 Å². The maximum atomic E-state index is 12.8. The first-order valence-electron chi connectivity index (χ1n) is 6.65. The Balaban J connectivity index is 1.89. The standard InChI is InChI=1S/C14H21FN2O2/c1-10(8-17-6-5-12(9-17)19-2)14(18)13-4-3-11(15)7-16-13/h3-4,7,10,12,14,18H,5-6,8-9H2,1-2H3. The third kappa shape index (κ3) is 3.72. The molecule has 0 aromatic carbocycles. The summed E-state index contributed by atoms with van der Waals surface area (Å²) in [5.74, 6) is -0.334. The third-order valence-electron chi connectivity index (χ3n) is 3.70. The fourth-order valence-corrected chi connectivity index (χ4v) is 2.52. The van der Waals surface area contributed by atoms with E-state index in [1.807, 2.05) is 6.92 Å². The Labute approximate surface area is 113 Å². The molecule has 5 heteroatoms. The van der Waals surface area contributed by atoms with Crippen molar-refractivity contribution in [3.8, 4) is 0 Å². The summed E-state index contributed by atoms with van der Waals surface area (Å²) >= 11 is 0. The molecule has 0 bridgehead atoms. The second kappa shape index (κ2) is 6.41. The van der Waals surface area contributed by atoms with E-state index in [1.54, 1.807) is 13.2 Å². The van der Waals surface area contributed by atoms with Gasteiger partial charge in [0, 0.05) is 32.7 Å². The number of methoxy groups -OCH3 is 1. The minimum atomic E-state index is -0.665. The molecule has 0 aliphatic carbocycles. The maximum absolute atomic E-state index is 12.8. The number of ether oxygens (including phenoxy) is 1. The van der Waals surface area contributed by atoms with Crippen molar-refractivity contribution in [1.29, 1.82) is 0 Å². The van der Waals surface area contributed by atoms with Crippen LogP contribution in [0.25, 0.3) is 0 Å². The zero-order chi connectivity index (χ0) is 13.8. The quantitative estimate of drug-likeness (QED) is 0.881. The number of hydrogen-bond acceptors (Lipinski definition) is 4. The summed E-state index contributed by atoms with van der Waals surface area (Å²) in [7, 11) is 1.73. The molecule has 0 spiro atoms. The van der Waals surface area contributed by atoms with E-state index < -0.39 is 6.10 Å². The number of likely N-dealkylation sites (tertiary alicyclic amines) is 1. The minimum Gasteiger partial charge on any atom is -0.386 e. The molecule has 1 aromatic heterocycles. The van der Waals surface area contributed by atoms with E-state index in [0.717, 1.165) is 32.3 Å². The topological polar surface area (TPSA) is 45.6 Å². The summed E-state index contributed by atoms with van der Waals surface area (Å²) in [4.78, 5) is 6.22. The van der Waals surface area contributed by atoms with Gasteiger partial charge in [-0.2, -0.15) is 0 Å². The zero-order valence-corrected chi connectivity index (χ0v) is 11.4. The highest BCUT2D eigenvalue weighted by Gasteiger charge is 2.26. The van der Waals surface area contributed by atoms with Gasteiger partial charge in [0.2, 0.25) is 0 Å². The van der Waals surface area contributed by atoms with E-state index in [9.17, 15) is 9.50 Å². The number of aliphatic hydroxyl groups excluding tert-OH is 1. The Morgan fingerprint density at radius 2 is 2.37 bits per heavy atom. The predicted molar refractivity (Wildman–Crippen MR) is 70.2 cm³/mol. The molecule has 1 saturated heterocycles. The number of rotatable bonds is 5. The highest BCUT2D eigenvalue weighted by molar-refractivity contribution is 5.09. The highest BCUT2D eigenvalue weighted by atomic mass is 19.1. The molecular formula is C14H21FN2O2. The normalized spacial score (nSPS) is 23.5. The maximum Gasteiger partial charge on any atom is 0.141 e. The number of pyridine rings is 1. The second-order valence-corrected chi connectivity index (χ2v) is 5.23. The van der Waals surface area contributed by atoms with E-state index >= 15 is 0 Å². The van der Waals surface area contributed by atoms with Gasteiger partial charge in [-0.25, -0.2) is 4.39 Å². The summed E-state index contributed by atoms with van der Waals surface area (Å²) in [6.45, 7) is 4.67. The van der Waals surface area contributed by atoms with Crippen LogP contribution < -0.4 is 0 Å². The summed E-state index contributed by atoms with van der Waals surface area (Å²) < 4.78 is 18.1. The van der Waals surface area contributed by atoms with Crippen LogP contribution in [-0.4, -0.2) is 47.8 Å². The van der Waals surface area contributed by atoms with Crippen molar-refractivity contribution in [2.75, 3.05) is 26.7 Å². The van der Waals surface area contributed by atoms with E-state index in [1.165, 1.54) is 6.07 Å². The molecule has 3 atom stereocenters. The molecule has 2 rings (SSSR count). The van der Waals surface area contributed by atoms with Crippen molar-refractivity contribution in [3.63, 3.8) is 0 Å². The molecule has 3 unspecified atom stereocenters. The van der Waals surface area contributed by atoms with Gasteiger partial charge in [0.1, 0.15) is 5.82 Å². The number of hydrogen-bond donors (Lipinski definition) is 1. The summed E-state index contributed by atoms with van der Waals surface area (Å²) in [6, 6.07) is 2.87. The van der Waals surface area contributed by atoms with Gasteiger partial charge in [-0.1, -0.05) is 6.92 Å². The van der Waals surface area contributed by atoms with Crippen LogP contribution in [0.3, 0.4) is 0 Å². The molecule has 4 nitrogen and oxygen atoms in total. The molecule has 1 aliphatic heterocycles. The van der Waals surface area contributed by atoms with E-state index in [-0.39, 0.29) is 11.7 Å². The van der Waals surface area contributed by atoms with Gasteiger partial charge in [0.15, 0.2) is 0 Å². The smallest absolute Gasteiger partial charge is 0.141 e. The molecule has 19 heavy (non-hydrogen) atoms. The molecule has 0 saturated carbocycles. The molecule has 1 aliphatic rings. The van der Waals surface area contributed by atoms with Gasteiger partial charge in [-0.05, 0) is 18.6 Å². The first-order valence-corrected chi connectivity index (χ1v) is 6.65. The summed E-state index contributed by atoms with van der Waals surface area (Å²) in [6.07, 6.45) is 1.81. The van der Waals surface area contributed by atoms with Crippen molar-refractivity contribution in [2.45, 2.75) is 25.6 Å². The second-order valence-electron chi connectivity index (χ2n) is 5.23. The molecular weight excluding hydrogens is 247 g/mol. The van der Waals surface area contributed by atoms with Gasteiger partial charge in [-0.15, -0.1) is 0 Å². The fraction of sp³-hybridized carbons (Fsp3) is 0.643.